The Morgan fingerprint density at radius 3 is 2.76 bits per heavy atom. The molecule has 0 saturated heterocycles. The van der Waals surface area contributed by atoms with E-state index in [9.17, 15) is 10.1 Å². The highest BCUT2D eigenvalue weighted by molar-refractivity contribution is 7.98. The molecule has 0 heterocycles. The summed E-state index contributed by atoms with van der Waals surface area (Å²) in [5.41, 5.74) is 1.91. The van der Waals surface area contributed by atoms with E-state index in [2.05, 4.69) is 5.32 Å². The molecular formula is C15H16N2O3S. The predicted molar refractivity (Wildman–Crippen MR) is 85.2 cm³/mol. The average Bonchev–Trinajstić information content (AvgIpc) is 2.52. The minimum absolute atomic E-state index is 0.107. The van der Waals surface area contributed by atoms with E-state index in [1.165, 1.54) is 6.07 Å². The molecule has 0 unspecified atom stereocenters. The molecule has 0 atom stereocenters. The Kier molecular flexibility index (Phi) is 5.05. The lowest BCUT2D eigenvalue weighted by Crippen LogP contribution is -1.96. The molecule has 0 aromatic heterocycles. The van der Waals surface area contributed by atoms with E-state index in [-0.39, 0.29) is 10.6 Å². The Labute approximate surface area is 127 Å². The van der Waals surface area contributed by atoms with Gasteiger partial charge in [-0.3, -0.25) is 10.1 Å². The average molecular weight is 304 g/mol. The molecule has 2 rings (SSSR count). The molecule has 0 bridgehead atoms. The summed E-state index contributed by atoms with van der Waals surface area (Å²) in [5, 5.41) is 13.9. The molecule has 21 heavy (non-hydrogen) atoms. The third kappa shape index (κ3) is 3.88. The molecule has 0 aliphatic rings. The van der Waals surface area contributed by atoms with Crippen LogP contribution in [-0.4, -0.2) is 19.1 Å². The number of nitrogens with zero attached hydrogens (tertiary/aromatic N) is 1. The standard InChI is InChI=1S/C15H16N2O3S/c1-16-15-7-6-12(17(18)19)8-11(15)10-21-14-5-3-4-13(9-14)20-2/h3-9,16H,10H2,1-2H3. The van der Waals surface area contributed by atoms with Crippen molar-refractivity contribution in [3.63, 3.8) is 0 Å². The van der Waals surface area contributed by atoms with Crippen molar-refractivity contribution in [1.82, 2.24) is 0 Å². The Hall–Kier alpha value is -2.21. The van der Waals surface area contributed by atoms with Crippen LogP contribution in [0.25, 0.3) is 0 Å². The van der Waals surface area contributed by atoms with Crippen LogP contribution >= 0.6 is 11.8 Å². The highest BCUT2D eigenvalue weighted by Gasteiger charge is 2.10. The maximum Gasteiger partial charge on any atom is 0.269 e. The van der Waals surface area contributed by atoms with E-state index in [4.69, 9.17) is 4.74 Å². The van der Waals surface area contributed by atoms with E-state index >= 15 is 0 Å². The number of hydrogen-bond donors (Lipinski definition) is 1. The normalized spacial score (nSPS) is 10.2. The van der Waals surface area contributed by atoms with Gasteiger partial charge < -0.3 is 10.1 Å². The Morgan fingerprint density at radius 2 is 2.10 bits per heavy atom. The van der Waals surface area contributed by atoms with Gasteiger partial charge in [0.25, 0.3) is 5.69 Å². The SMILES string of the molecule is CNc1ccc([N+](=O)[O-])cc1CSc1cccc(OC)c1. The third-order valence-electron chi connectivity index (χ3n) is 3.00. The number of anilines is 1. The number of benzene rings is 2. The van der Waals surface area contributed by atoms with Gasteiger partial charge in [0, 0.05) is 35.5 Å². The van der Waals surface area contributed by atoms with Crippen LogP contribution in [0.3, 0.4) is 0 Å². The smallest absolute Gasteiger partial charge is 0.269 e. The zero-order valence-electron chi connectivity index (χ0n) is 11.8. The van der Waals surface area contributed by atoms with Crippen LogP contribution in [0, 0.1) is 10.1 Å². The molecule has 0 aliphatic heterocycles. The minimum Gasteiger partial charge on any atom is -0.497 e. The summed E-state index contributed by atoms with van der Waals surface area (Å²) < 4.78 is 5.19. The number of nitrogens with one attached hydrogen (secondary N) is 1. The summed E-state index contributed by atoms with van der Waals surface area (Å²) in [5.74, 6) is 1.44. The third-order valence-corrected chi connectivity index (χ3v) is 4.05. The largest absolute Gasteiger partial charge is 0.497 e. The number of hydrogen-bond acceptors (Lipinski definition) is 5. The lowest BCUT2D eigenvalue weighted by atomic mass is 10.2. The number of methoxy groups -OCH3 is 1. The molecule has 0 spiro atoms. The molecule has 6 heteroatoms. The minimum atomic E-state index is -0.376. The maximum absolute atomic E-state index is 10.9. The second kappa shape index (κ2) is 6.99. The van der Waals surface area contributed by atoms with Crippen LogP contribution in [-0.2, 0) is 5.75 Å². The molecule has 1 N–H and O–H groups in total. The van der Waals surface area contributed by atoms with Gasteiger partial charge in [-0.05, 0) is 29.8 Å². The van der Waals surface area contributed by atoms with Gasteiger partial charge in [-0.15, -0.1) is 11.8 Å². The number of nitro benzene ring substituents is 1. The lowest BCUT2D eigenvalue weighted by Gasteiger charge is -2.09. The first kappa shape index (κ1) is 15.2. The van der Waals surface area contributed by atoms with E-state index < -0.39 is 0 Å². The fourth-order valence-electron chi connectivity index (χ4n) is 1.91. The van der Waals surface area contributed by atoms with E-state index in [0.29, 0.717) is 5.75 Å². The van der Waals surface area contributed by atoms with Crippen molar-refractivity contribution in [1.29, 1.82) is 0 Å². The molecule has 0 amide bonds. The van der Waals surface area contributed by atoms with Gasteiger partial charge in [-0.2, -0.15) is 0 Å². The van der Waals surface area contributed by atoms with Crippen molar-refractivity contribution in [3.8, 4) is 5.75 Å². The quantitative estimate of drug-likeness (QED) is 0.497. The van der Waals surface area contributed by atoms with Gasteiger partial charge in [-0.1, -0.05) is 6.07 Å². The fraction of sp³-hybridized carbons (Fsp3) is 0.200. The van der Waals surface area contributed by atoms with Gasteiger partial charge >= 0.3 is 0 Å². The Morgan fingerprint density at radius 1 is 1.29 bits per heavy atom. The van der Waals surface area contributed by atoms with Crippen LogP contribution in [0.5, 0.6) is 5.75 Å². The summed E-state index contributed by atoms with van der Waals surface area (Å²) in [4.78, 5) is 11.6. The molecule has 0 aliphatic carbocycles. The Balaban J connectivity index is 2.17. The monoisotopic (exact) mass is 304 g/mol. The van der Waals surface area contributed by atoms with Crippen molar-refractivity contribution in [2.45, 2.75) is 10.6 Å². The van der Waals surface area contributed by atoms with Crippen molar-refractivity contribution in [2.24, 2.45) is 0 Å². The molecule has 0 saturated carbocycles. The molecule has 2 aromatic rings. The highest BCUT2D eigenvalue weighted by Crippen LogP contribution is 2.30. The van der Waals surface area contributed by atoms with E-state index in [1.54, 1.807) is 38.1 Å². The summed E-state index contributed by atoms with van der Waals surface area (Å²) >= 11 is 1.61. The number of non-ortho nitro benzene ring substituents is 1. The summed E-state index contributed by atoms with van der Waals surface area (Å²) in [6.07, 6.45) is 0. The second-order valence-corrected chi connectivity index (χ2v) is 5.36. The summed E-state index contributed by atoms with van der Waals surface area (Å²) in [7, 11) is 3.43. The number of rotatable bonds is 6. The van der Waals surface area contributed by atoms with E-state index in [1.807, 2.05) is 24.3 Å². The van der Waals surface area contributed by atoms with Gasteiger partial charge in [0.15, 0.2) is 0 Å². The first-order valence-electron chi connectivity index (χ1n) is 6.36. The van der Waals surface area contributed by atoms with Gasteiger partial charge in [0.05, 0.1) is 12.0 Å². The van der Waals surface area contributed by atoms with Crippen LogP contribution in [0.2, 0.25) is 0 Å². The molecule has 0 radical (unpaired) electrons. The van der Waals surface area contributed by atoms with Crippen LogP contribution in [0.1, 0.15) is 5.56 Å². The zero-order valence-corrected chi connectivity index (χ0v) is 12.6. The second-order valence-electron chi connectivity index (χ2n) is 4.32. The molecule has 5 nitrogen and oxygen atoms in total. The fourth-order valence-corrected chi connectivity index (χ4v) is 2.84. The van der Waals surface area contributed by atoms with Crippen molar-refractivity contribution >= 4 is 23.1 Å². The van der Waals surface area contributed by atoms with Crippen molar-refractivity contribution < 1.29 is 9.66 Å². The van der Waals surface area contributed by atoms with Crippen molar-refractivity contribution in [2.75, 3.05) is 19.5 Å². The van der Waals surface area contributed by atoms with E-state index in [0.717, 1.165) is 21.9 Å². The van der Waals surface area contributed by atoms with Crippen LogP contribution in [0.4, 0.5) is 11.4 Å². The van der Waals surface area contributed by atoms with Gasteiger partial charge in [0.2, 0.25) is 0 Å². The predicted octanol–water partition coefficient (Wildman–Crippen LogP) is 3.94. The van der Waals surface area contributed by atoms with Crippen LogP contribution < -0.4 is 10.1 Å². The Bertz CT molecular complexity index is 647. The molecule has 2 aromatic carbocycles. The van der Waals surface area contributed by atoms with Gasteiger partial charge in [-0.25, -0.2) is 0 Å². The van der Waals surface area contributed by atoms with Gasteiger partial charge in [0.1, 0.15) is 5.75 Å². The first-order chi connectivity index (χ1) is 10.1. The molecule has 0 fully saturated rings. The lowest BCUT2D eigenvalue weighted by molar-refractivity contribution is -0.384. The molecule has 110 valence electrons. The first-order valence-corrected chi connectivity index (χ1v) is 7.34. The summed E-state index contributed by atoms with van der Waals surface area (Å²) in [6.45, 7) is 0. The number of nitro groups is 1. The topological polar surface area (TPSA) is 64.4 Å². The highest BCUT2D eigenvalue weighted by atomic mass is 32.2. The maximum atomic E-state index is 10.9. The molecular weight excluding hydrogens is 288 g/mol. The number of thioether (sulfide) groups is 1. The number of ether oxygens (including phenoxy) is 1. The van der Waals surface area contributed by atoms with Crippen molar-refractivity contribution in [3.05, 3.63) is 58.1 Å². The zero-order chi connectivity index (χ0) is 15.2. The summed E-state index contributed by atoms with van der Waals surface area (Å²) in [6, 6.07) is 12.6. The van der Waals surface area contributed by atoms with Crippen LogP contribution in [0.15, 0.2) is 47.4 Å².